The predicted molar refractivity (Wildman–Crippen MR) is 124 cm³/mol. The van der Waals surface area contributed by atoms with E-state index in [1.54, 1.807) is 6.20 Å². The number of benzene rings is 2. The summed E-state index contributed by atoms with van der Waals surface area (Å²) in [6.45, 7) is 6.81. The minimum atomic E-state index is -0.272. The molecule has 1 amide bonds. The number of hydrogen-bond acceptors (Lipinski definition) is 3. The number of aromatic nitrogens is 1. The van der Waals surface area contributed by atoms with Crippen LogP contribution in [0.5, 0.6) is 0 Å². The van der Waals surface area contributed by atoms with Gasteiger partial charge in [-0.15, -0.1) is 0 Å². The van der Waals surface area contributed by atoms with E-state index in [0.29, 0.717) is 12.8 Å². The molecular weight excluding hydrogens is 384 g/mol. The fourth-order valence-corrected chi connectivity index (χ4v) is 4.25. The van der Waals surface area contributed by atoms with Gasteiger partial charge >= 0.3 is 0 Å². The molecule has 1 aliphatic rings. The minimum absolute atomic E-state index is 0.128. The van der Waals surface area contributed by atoms with Gasteiger partial charge in [-0.1, -0.05) is 57.2 Å². The first-order valence-electron chi connectivity index (χ1n) is 10.9. The average Bonchev–Trinajstić information content (AvgIpc) is 3.22. The Balaban J connectivity index is 1.50. The number of hydrogen-bond donors (Lipinski definition) is 0. The Kier molecular flexibility index (Phi) is 5.73. The summed E-state index contributed by atoms with van der Waals surface area (Å²) < 4.78 is 0. The van der Waals surface area contributed by atoms with Crippen LogP contribution in [0.1, 0.15) is 55.1 Å². The van der Waals surface area contributed by atoms with Crippen molar-refractivity contribution in [1.29, 1.82) is 0 Å². The fourth-order valence-electron chi connectivity index (χ4n) is 4.25. The van der Waals surface area contributed by atoms with Crippen molar-refractivity contribution in [3.63, 3.8) is 0 Å². The lowest BCUT2D eigenvalue weighted by Gasteiger charge is -2.24. The summed E-state index contributed by atoms with van der Waals surface area (Å²) in [4.78, 5) is 31.1. The van der Waals surface area contributed by atoms with Crippen molar-refractivity contribution >= 4 is 17.4 Å². The van der Waals surface area contributed by atoms with Crippen LogP contribution in [0, 0.1) is 0 Å². The van der Waals surface area contributed by atoms with Crippen molar-refractivity contribution in [2.75, 3.05) is 11.4 Å². The number of rotatable bonds is 6. The molecule has 2 aromatic carbocycles. The highest BCUT2D eigenvalue weighted by Gasteiger charge is 2.26. The molecule has 2 heterocycles. The topological polar surface area (TPSA) is 50.3 Å². The van der Waals surface area contributed by atoms with E-state index in [4.69, 9.17) is 0 Å². The van der Waals surface area contributed by atoms with Gasteiger partial charge in [-0.3, -0.25) is 14.6 Å². The van der Waals surface area contributed by atoms with Crippen LogP contribution in [-0.4, -0.2) is 23.2 Å². The van der Waals surface area contributed by atoms with E-state index in [1.165, 1.54) is 5.56 Å². The first-order valence-corrected chi connectivity index (χ1v) is 10.9. The Morgan fingerprint density at radius 1 is 1.03 bits per heavy atom. The molecule has 0 atom stereocenters. The molecular formula is C27H28N2O2. The molecule has 0 aliphatic carbocycles. The van der Waals surface area contributed by atoms with Gasteiger partial charge in [-0.05, 0) is 52.3 Å². The van der Waals surface area contributed by atoms with Gasteiger partial charge in [0.2, 0.25) is 5.91 Å². The highest BCUT2D eigenvalue weighted by atomic mass is 16.2. The molecule has 0 radical (unpaired) electrons. The Labute approximate surface area is 183 Å². The molecule has 31 heavy (non-hydrogen) atoms. The molecule has 158 valence electrons. The summed E-state index contributed by atoms with van der Waals surface area (Å²) in [5.74, 6) is 0.298. The lowest BCUT2D eigenvalue weighted by Crippen LogP contribution is -2.27. The first kappa shape index (κ1) is 21.0. The van der Waals surface area contributed by atoms with Crippen molar-refractivity contribution in [2.24, 2.45) is 0 Å². The van der Waals surface area contributed by atoms with Crippen molar-refractivity contribution in [2.45, 2.75) is 45.4 Å². The lowest BCUT2D eigenvalue weighted by molar-refractivity contribution is -0.118. The van der Waals surface area contributed by atoms with Gasteiger partial charge in [0.15, 0.2) is 5.78 Å². The number of ketones is 1. The van der Waals surface area contributed by atoms with Crippen LogP contribution in [-0.2, 0) is 16.6 Å². The van der Waals surface area contributed by atoms with Gasteiger partial charge in [0.1, 0.15) is 0 Å². The van der Waals surface area contributed by atoms with Crippen LogP contribution >= 0.6 is 0 Å². The molecule has 0 N–H and O–H groups in total. The van der Waals surface area contributed by atoms with E-state index < -0.39 is 0 Å². The van der Waals surface area contributed by atoms with Crippen LogP contribution in [0.3, 0.4) is 0 Å². The third-order valence-electron chi connectivity index (χ3n) is 6.16. The second-order valence-corrected chi connectivity index (χ2v) is 8.80. The second kappa shape index (κ2) is 8.46. The third kappa shape index (κ3) is 4.29. The Hall–Kier alpha value is -3.27. The van der Waals surface area contributed by atoms with Crippen molar-refractivity contribution in [1.82, 2.24) is 4.98 Å². The van der Waals surface area contributed by atoms with E-state index >= 15 is 0 Å². The maximum absolute atomic E-state index is 12.9. The molecule has 3 aromatic rings. The fraction of sp³-hybridized carbons (Fsp3) is 0.296. The second-order valence-electron chi connectivity index (χ2n) is 8.80. The van der Waals surface area contributed by atoms with Gasteiger partial charge in [0.25, 0.3) is 0 Å². The summed E-state index contributed by atoms with van der Waals surface area (Å²) in [6, 6.07) is 18.0. The zero-order chi connectivity index (χ0) is 22.0. The number of amides is 1. The van der Waals surface area contributed by atoms with Gasteiger partial charge in [-0.25, -0.2) is 0 Å². The number of nitrogens with zero attached hydrogens (tertiary/aromatic N) is 2. The first-order chi connectivity index (χ1) is 14.9. The molecule has 0 spiro atoms. The minimum Gasteiger partial charge on any atom is -0.312 e. The number of carbonyl (C=O) groups is 2. The molecule has 1 aliphatic heterocycles. The van der Waals surface area contributed by atoms with E-state index in [2.05, 4.69) is 31.0 Å². The SMILES string of the molecule is CCC(=O)N1CCc2cc(-c3ccc(C(=O)CC(C)(C)c4cccnc4)cc3)ccc21. The molecule has 4 heteroatoms. The quantitative estimate of drug-likeness (QED) is 0.495. The van der Waals surface area contributed by atoms with E-state index in [9.17, 15) is 9.59 Å². The third-order valence-corrected chi connectivity index (χ3v) is 6.16. The lowest BCUT2D eigenvalue weighted by atomic mass is 9.80. The molecule has 4 rings (SSSR count). The summed E-state index contributed by atoms with van der Waals surface area (Å²) in [7, 11) is 0. The molecule has 0 fully saturated rings. The summed E-state index contributed by atoms with van der Waals surface area (Å²) in [6.07, 6.45) is 5.42. The highest BCUT2D eigenvalue weighted by molar-refractivity contribution is 5.98. The van der Waals surface area contributed by atoms with Crippen LogP contribution in [0.25, 0.3) is 11.1 Å². The molecule has 0 saturated heterocycles. The Morgan fingerprint density at radius 2 is 1.77 bits per heavy atom. The Bertz CT molecular complexity index is 1100. The van der Waals surface area contributed by atoms with Crippen molar-refractivity contribution in [3.8, 4) is 11.1 Å². The van der Waals surface area contributed by atoms with Gasteiger partial charge in [0.05, 0.1) is 0 Å². The number of fused-ring (bicyclic) bond motifs is 1. The summed E-state index contributed by atoms with van der Waals surface area (Å²) >= 11 is 0. The van der Waals surface area contributed by atoms with Gasteiger partial charge in [-0.2, -0.15) is 0 Å². The maximum atomic E-state index is 12.9. The van der Waals surface area contributed by atoms with Crippen LogP contribution in [0.4, 0.5) is 5.69 Å². The molecule has 0 unspecified atom stereocenters. The van der Waals surface area contributed by atoms with Crippen LogP contribution in [0.15, 0.2) is 67.0 Å². The maximum Gasteiger partial charge on any atom is 0.226 e. The monoisotopic (exact) mass is 412 g/mol. The van der Waals surface area contributed by atoms with Gasteiger partial charge in [0, 0.05) is 43.0 Å². The number of anilines is 1. The molecule has 0 bridgehead atoms. The van der Waals surface area contributed by atoms with Crippen LogP contribution < -0.4 is 4.90 Å². The number of pyridine rings is 1. The Morgan fingerprint density at radius 3 is 2.45 bits per heavy atom. The van der Waals surface area contributed by atoms with E-state index in [0.717, 1.165) is 40.9 Å². The molecule has 0 saturated carbocycles. The van der Waals surface area contributed by atoms with E-state index in [1.807, 2.05) is 60.5 Å². The highest BCUT2D eigenvalue weighted by Crippen LogP contribution is 2.33. The smallest absolute Gasteiger partial charge is 0.226 e. The zero-order valence-electron chi connectivity index (χ0n) is 18.4. The van der Waals surface area contributed by atoms with Gasteiger partial charge < -0.3 is 4.90 Å². The number of carbonyl (C=O) groups excluding carboxylic acids is 2. The molecule has 4 nitrogen and oxygen atoms in total. The summed E-state index contributed by atoms with van der Waals surface area (Å²) in [5, 5.41) is 0. The summed E-state index contributed by atoms with van der Waals surface area (Å²) in [5.41, 5.74) is 5.93. The average molecular weight is 413 g/mol. The zero-order valence-corrected chi connectivity index (χ0v) is 18.4. The van der Waals surface area contributed by atoms with Crippen molar-refractivity contribution < 1.29 is 9.59 Å². The molecule has 1 aromatic heterocycles. The predicted octanol–water partition coefficient (Wildman–Crippen LogP) is 5.60. The normalized spacial score (nSPS) is 13.2. The van der Waals surface area contributed by atoms with Crippen LogP contribution in [0.2, 0.25) is 0 Å². The number of Topliss-reactive ketones (excluding diaryl/α,β-unsaturated/α-hetero) is 1. The largest absolute Gasteiger partial charge is 0.312 e. The van der Waals surface area contributed by atoms with Crippen molar-refractivity contribution in [3.05, 3.63) is 83.7 Å². The van der Waals surface area contributed by atoms with E-state index in [-0.39, 0.29) is 17.1 Å². The standard InChI is InChI=1S/C27H28N2O2/c1-4-26(31)29-15-13-22-16-21(11-12-24(22)29)19-7-9-20(10-8-19)25(30)17-27(2,3)23-6-5-14-28-18-23/h5-12,14,16,18H,4,13,15,17H2,1-3H3.